The molecule has 0 atom stereocenters. The molecule has 0 saturated carbocycles. The molecule has 4 rings (SSSR count). The first kappa shape index (κ1) is 16.6. The van der Waals surface area contributed by atoms with E-state index in [-0.39, 0.29) is 11.9 Å². The Hall–Kier alpha value is -2.83. The number of hydrogen-bond acceptors (Lipinski definition) is 7. The van der Waals surface area contributed by atoms with Crippen LogP contribution in [0.25, 0.3) is 0 Å². The Morgan fingerprint density at radius 1 is 1.15 bits per heavy atom. The van der Waals surface area contributed by atoms with E-state index in [9.17, 15) is 4.79 Å². The molecule has 1 fully saturated rings. The Morgan fingerprint density at radius 2 is 1.88 bits per heavy atom. The lowest BCUT2D eigenvalue weighted by Gasteiger charge is -2.33. The number of piperidine rings is 1. The van der Waals surface area contributed by atoms with Crippen LogP contribution in [0.5, 0.6) is 0 Å². The maximum Gasteiger partial charge on any atom is 0.308 e. The number of nitrogens with two attached hydrogens (primary N) is 1. The normalized spacial score (nSPS) is 17.3. The van der Waals surface area contributed by atoms with E-state index in [0.717, 1.165) is 56.2 Å². The Kier molecular flexibility index (Phi) is 4.36. The minimum absolute atomic E-state index is 0.0377. The summed E-state index contributed by atoms with van der Waals surface area (Å²) in [6.07, 6.45) is 4.06. The number of anilines is 4. The summed E-state index contributed by atoms with van der Waals surface area (Å²) in [6, 6.07) is 8.34. The minimum atomic E-state index is -0.130. The van der Waals surface area contributed by atoms with Crippen LogP contribution in [0.15, 0.2) is 30.6 Å². The van der Waals surface area contributed by atoms with E-state index in [1.54, 1.807) is 6.33 Å². The van der Waals surface area contributed by atoms with Crippen LogP contribution in [-0.4, -0.2) is 42.7 Å². The van der Waals surface area contributed by atoms with Crippen molar-refractivity contribution in [3.8, 4) is 0 Å². The second-order valence-electron chi connectivity index (χ2n) is 6.75. The van der Waals surface area contributed by atoms with Crippen molar-refractivity contribution in [2.24, 2.45) is 5.92 Å². The first-order chi connectivity index (χ1) is 12.7. The van der Waals surface area contributed by atoms with Crippen LogP contribution in [0.2, 0.25) is 0 Å². The van der Waals surface area contributed by atoms with Crippen molar-refractivity contribution < 1.29 is 9.53 Å². The summed E-state index contributed by atoms with van der Waals surface area (Å²) in [5, 5.41) is 0. The van der Waals surface area contributed by atoms with E-state index in [1.165, 1.54) is 12.7 Å². The highest BCUT2D eigenvalue weighted by molar-refractivity contribution is 5.82. The molecule has 0 aliphatic carbocycles. The van der Waals surface area contributed by atoms with Gasteiger partial charge in [-0.05, 0) is 30.9 Å². The third kappa shape index (κ3) is 2.83. The molecule has 0 radical (unpaired) electrons. The predicted molar refractivity (Wildman–Crippen MR) is 101 cm³/mol. The Balaban J connectivity index is 1.57. The number of fused-ring (bicyclic) bond motifs is 1. The third-order valence-corrected chi connectivity index (χ3v) is 5.31. The average Bonchev–Trinajstić information content (AvgIpc) is 3.12. The lowest BCUT2D eigenvalue weighted by Crippen LogP contribution is -2.37. The highest BCUT2D eigenvalue weighted by Crippen LogP contribution is 2.39. The van der Waals surface area contributed by atoms with Gasteiger partial charge in [0.2, 0.25) is 0 Å². The van der Waals surface area contributed by atoms with Crippen molar-refractivity contribution in [3.05, 3.63) is 36.2 Å². The summed E-state index contributed by atoms with van der Waals surface area (Å²) in [5.74, 6) is 1.34. The summed E-state index contributed by atoms with van der Waals surface area (Å²) in [4.78, 5) is 24.9. The van der Waals surface area contributed by atoms with E-state index < -0.39 is 0 Å². The van der Waals surface area contributed by atoms with Gasteiger partial charge in [0.25, 0.3) is 0 Å². The fourth-order valence-electron chi connectivity index (χ4n) is 3.90. The van der Waals surface area contributed by atoms with Crippen molar-refractivity contribution in [2.45, 2.75) is 19.3 Å². The lowest BCUT2D eigenvalue weighted by molar-refractivity contribution is -0.146. The Labute approximate surface area is 152 Å². The number of aromatic nitrogens is 2. The average molecular weight is 353 g/mol. The number of carbonyl (C=O) groups excluding carboxylic acids is 1. The topological polar surface area (TPSA) is 84.6 Å². The smallest absolute Gasteiger partial charge is 0.308 e. The molecule has 7 heteroatoms. The van der Waals surface area contributed by atoms with Gasteiger partial charge in [-0.15, -0.1) is 0 Å². The number of hydrogen-bond donors (Lipinski definition) is 1. The number of esters is 1. The molecule has 7 nitrogen and oxygen atoms in total. The SMILES string of the molecule is COC(=O)C1CCN(c2ncnc(N3CCc4ccccc43)c2N)CC1. The molecule has 2 aromatic rings. The monoisotopic (exact) mass is 353 g/mol. The molecule has 0 unspecified atom stereocenters. The summed E-state index contributed by atoms with van der Waals surface area (Å²) in [5.41, 5.74) is 9.54. The Bertz CT molecular complexity index is 817. The summed E-state index contributed by atoms with van der Waals surface area (Å²) < 4.78 is 4.86. The van der Waals surface area contributed by atoms with Gasteiger partial charge < -0.3 is 20.3 Å². The summed E-state index contributed by atoms with van der Waals surface area (Å²) in [7, 11) is 1.44. The zero-order chi connectivity index (χ0) is 18.1. The van der Waals surface area contributed by atoms with Crippen LogP contribution in [0, 0.1) is 5.92 Å². The van der Waals surface area contributed by atoms with E-state index in [2.05, 4.69) is 38.0 Å². The molecule has 2 aliphatic heterocycles. The molecule has 0 spiro atoms. The van der Waals surface area contributed by atoms with Crippen LogP contribution >= 0.6 is 0 Å². The maximum absolute atomic E-state index is 11.7. The zero-order valence-corrected chi connectivity index (χ0v) is 14.9. The summed E-state index contributed by atoms with van der Waals surface area (Å²) >= 11 is 0. The summed E-state index contributed by atoms with van der Waals surface area (Å²) in [6.45, 7) is 2.33. The number of nitrogen functional groups attached to an aromatic ring is 1. The van der Waals surface area contributed by atoms with Gasteiger partial charge in [-0.25, -0.2) is 9.97 Å². The van der Waals surface area contributed by atoms with Gasteiger partial charge in [0.15, 0.2) is 11.6 Å². The first-order valence-corrected chi connectivity index (χ1v) is 8.97. The zero-order valence-electron chi connectivity index (χ0n) is 14.9. The van der Waals surface area contributed by atoms with Crippen molar-refractivity contribution >= 4 is 29.0 Å². The molecule has 1 aromatic carbocycles. The number of rotatable bonds is 3. The van der Waals surface area contributed by atoms with Gasteiger partial charge in [0.1, 0.15) is 12.0 Å². The van der Waals surface area contributed by atoms with Crippen LogP contribution in [0.4, 0.5) is 23.0 Å². The van der Waals surface area contributed by atoms with Gasteiger partial charge in [0.05, 0.1) is 13.0 Å². The standard InChI is InChI=1S/C19H23N5O2/c1-26-19(25)14-6-9-23(10-7-14)17-16(20)18(22-12-21-17)24-11-8-13-4-2-3-5-15(13)24/h2-5,12,14H,6-11,20H2,1H3. The van der Waals surface area contributed by atoms with Gasteiger partial charge in [-0.3, -0.25) is 4.79 Å². The fourth-order valence-corrected chi connectivity index (χ4v) is 3.90. The van der Waals surface area contributed by atoms with Crippen LogP contribution in [-0.2, 0) is 16.0 Å². The van der Waals surface area contributed by atoms with Crippen molar-refractivity contribution in [1.82, 2.24) is 9.97 Å². The largest absolute Gasteiger partial charge is 0.469 e. The number of methoxy groups -OCH3 is 1. The molecule has 1 aromatic heterocycles. The van der Waals surface area contributed by atoms with Gasteiger partial charge in [0, 0.05) is 25.3 Å². The van der Waals surface area contributed by atoms with Gasteiger partial charge in [-0.2, -0.15) is 0 Å². The van der Waals surface area contributed by atoms with E-state index in [1.807, 2.05) is 6.07 Å². The molecule has 0 bridgehead atoms. The highest BCUT2D eigenvalue weighted by Gasteiger charge is 2.29. The molecule has 136 valence electrons. The molecule has 2 N–H and O–H groups in total. The molecule has 1 saturated heterocycles. The van der Waals surface area contributed by atoms with Crippen molar-refractivity contribution in [1.29, 1.82) is 0 Å². The van der Waals surface area contributed by atoms with E-state index in [4.69, 9.17) is 10.5 Å². The first-order valence-electron chi connectivity index (χ1n) is 8.97. The van der Waals surface area contributed by atoms with E-state index in [0.29, 0.717) is 5.69 Å². The molecule has 3 heterocycles. The third-order valence-electron chi connectivity index (χ3n) is 5.31. The van der Waals surface area contributed by atoms with E-state index >= 15 is 0 Å². The number of benzene rings is 1. The molecule has 26 heavy (non-hydrogen) atoms. The molecular formula is C19H23N5O2. The maximum atomic E-state index is 11.7. The molecule has 0 amide bonds. The van der Waals surface area contributed by atoms with Crippen LogP contribution in [0.3, 0.4) is 0 Å². The van der Waals surface area contributed by atoms with Crippen LogP contribution in [0.1, 0.15) is 18.4 Å². The fraction of sp³-hybridized carbons (Fsp3) is 0.421. The van der Waals surface area contributed by atoms with Gasteiger partial charge >= 0.3 is 5.97 Å². The number of para-hydroxylation sites is 1. The molecule has 2 aliphatic rings. The molecular weight excluding hydrogens is 330 g/mol. The van der Waals surface area contributed by atoms with Crippen molar-refractivity contribution in [3.63, 3.8) is 0 Å². The van der Waals surface area contributed by atoms with Crippen LogP contribution < -0.4 is 15.5 Å². The minimum Gasteiger partial charge on any atom is -0.469 e. The predicted octanol–water partition coefficient (Wildman–Crippen LogP) is 2.14. The van der Waals surface area contributed by atoms with Crippen molar-refractivity contribution in [2.75, 3.05) is 42.3 Å². The lowest BCUT2D eigenvalue weighted by atomic mass is 9.97. The number of carbonyl (C=O) groups is 1. The number of nitrogens with zero attached hydrogens (tertiary/aromatic N) is 4. The number of ether oxygens (including phenoxy) is 1. The quantitative estimate of drug-likeness (QED) is 0.846. The Morgan fingerprint density at radius 3 is 2.65 bits per heavy atom. The second-order valence-corrected chi connectivity index (χ2v) is 6.75. The highest BCUT2D eigenvalue weighted by atomic mass is 16.5. The second kappa shape index (κ2) is 6.82. The van der Waals surface area contributed by atoms with Gasteiger partial charge in [-0.1, -0.05) is 18.2 Å².